The Morgan fingerprint density at radius 2 is 1.96 bits per heavy atom. The van der Waals surface area contributed by atoms with E-state index in [0.717, 1.165) is 38.2 Å². The third-order valence-electron chi connectivity index (χ3n) is 4.78. The highest BCUT2D eigenvalue weighted by Crippen LogP contribution is 2.33. The molecule has 3 rings (SSSR count). The lowest BCUT2D eigenvalue weighted by atomic mass is 10.00. The van der Waals surface area contributed by atoms with E-state index in [0.29, 0.717) is 11.8 Å². The summed E-state index contributed by atoms with van der Waals surface area (Å²) in [5.41, 5.74) is 3.72. The van der Waals surface area contributed by atoms with Crippen LogP contribution in [0.1, 0.15) is 29.7 Å². The zero-order chi connectivity index (χ0) is 16.9. The molecule has 1 atom stereocenters. The molecule has 2 aromatic carbocycles. The van der Waals surface area contributed by atoms with Gasteiger partial charge in [-0.2, -0.15) is 0 Å². The molecule has 25 heavy (non-hydrogen) atoms. The van der Waals surface area contributed by atoms with Crippen molar-refractivity contribution in [2.75, 3.05) is 26.7 Å². The number of hydrogen-bond acceptors (Lipinski definition) is 4. The quantitative estimate of drug-likeness (QED) is 0.854. The average Bonchev–Trinajstić information content (AvgIpc) is 2.62. The van der Waals surface area contributed by atoms with E-state index in [4.69, 9.17) is 4.74 Å². The number of para-hydroxylation sites is 1. The maximum absolute atomic E-state index is 10.0. The van der Waals surface area contributed by atoms with Crippen LogP contribution < -0.4 is 10.1 Å². The van der Waals surface area contributed by atoms with Crippen LogP contribution in [-0.4, -0.2) is 36.8 Å². The third-order valence-corrected chi connectivity index (χ3v) is 4.78. The molecule has 1 fully saturated rings. The van der Waals surface area contributed by atoms with Crippen molar-refractivity contribution in [2.24, 2.45) is 0 Å². The molecule has 1 unspecified atom stereocenters. The summed E-state index contributed by atoms with van der Waals surface area (Å²) in [6, 6.07) is 14.8. The fourth-order valence-corrected chi connectivity index (χ4v) is 3.39. The second-order valence-corrected chi connectivity index (χ2v) is 6.26. The Balaban J connectivity index is 0.00000225. The van der Waals surface area contributed by atoms with Crippen molar-refractivity contribution >= 4 is 12.4 Å². The summed E-state index contributed by atoms with van der Waals surface area (Å²) in [6.45, 7) is 5.83. The normalized spacial score (nSPS) is 17.8. The Hall–Kier alpha value is -1.75. The summed E-state index contributed by atoms with van der Waals surface area (Å²) in [7, 11) is 1.61. The molecule has 1 aliphatic heterocycles. The fourth-order valence-electron chi connectivity index (χ4n) is 3.39. The van der Waals surface area contributed by atoms with Crippen molar-refractivity contribution in [3.8, 4) is 11.5 Å². The van der Waals surface area contributed by atoms with E-state index in [9.17, 15) is 5.11 Å². The minimum Gasteiger partial charge on any atom is -0.504 e. The Morgan fingerprint density at radius 1 is 1.20 bits per heavy atom. The molecule has 5 heteroatoms. The first-order chi connectivity index (χ1) is 11.7. The van der Waals surface area contributed by atoms with E-state index in [1.54, 1.807) is 13.2 Å². The molecular formula is C20H27ClN2O2. The van der Waals surface area contributed by atoms with Gasteiger partial charge in [0.2, 0.25) is 0 Å². The van der Waals surface area contributed by atoms with Crippen LogP contribution in [0.15, 0.2) is 42.5 Å². The molecule has 0 bridgehead atoms. The Bertz CT molecular complexity index is 676. The van der Waals surface area contributed by atoms with Crippen molar-refractivity contribution in [2.45, 2.75) is 25.9 Å². The molecule has 4 nitrogen and oxygen atoms in total. The molecule has 0 spiro atoms. The Morgan fingerprint density at radius 3 is 2.64 bits per heavy atom. The standard InChI is InChI=1S/C20H26N2O2.ClH/c1-3-15-7-9-16(10-8-15)18-13-21-11-12-22(18)14-17-5-4-6-19(23)20(17)24-2;/h4-10,18,21,23H,3,11-14H2,1-2H3;1H. The molecule has 0 aliphatic carbocycles. The second kappa shape index (κ2) is 9.09. The van der Waals surface area contributed by atoms with Crippen molar-refractivity contribution in [1.29, 1.82) is 0 Å². The van der Waals surface area contributed by atoms with Crippen LogP contribution in [0.5, 0.6) is 11.5 Å². The minimum atomic E-state index is 0. The largest absolute Gasteiger partial charge is 0.504 e. The topological polar surface area (TPSA) is 44.7 Å². The van der Waals surface area contributed by atoms with Gasteiger partial charge in [-0.05, 0) is 23.6 Å². The van der Waals surface area contributed by atoms with Gasteiger partial charge in [0.05, 0.1) is 7.11 Å². The van der Waals surface area contributed by atoms with Crippen molar-refractivity contribution in [3.05, 3.63) is 59.2 Å². The van der Waals surface area contributed by atoms with Gasteiger partial charge in [0.15, 0.2) is 11.5 Å². The maximum atomic E-state index is 10.0. The highest BCUT2D eigenvalue weighted by Gasteiger charge is 2.25. The number of rotatable bonds is 5. The summed E-state index contributed by atoms with van der Waals surface area (Å²) in [4.78, 5) is 2.45. The number of hydrogen-bond donors (Lipinski definition) is 2. The molecule has 0 amide bonds. The Kier molecular flexibility index (Phi) is 7.12. The van der Waals surface area contributed by atoms with Crippen LogP contribution in [-0.2, 0) is 13.0 Å². The summed E-state index contributed by atoms with van der Waals surface area (Å²) >= 11 is 0. The van der Waals surface area contributed by atoms with Gasteiger partial charge >= 0.3 is 0 Å². The number of halogens is 1. The number of benzene rings is 2. The fraction of sp³-hybridized carbons (Fsp3) is 0.400. The van der Waals surface area contributed by atoms with Crippen LogP contribution >= 0.6 is 12.4 Å². The predicted molar refractivity (Wildman–Crippen MR) is 104 cm³/mol. The van der Waals surface area contributed by atoms with Crippen LogP contribution in [0, 0.1) is 0 Å². The van der Waals surface area contributed by atoms with Crippen LogP contribution in [0.2, 0.25) is 0 Å². The first kappa shape index (κ1) is 19.6. The van der Waals surface area contributed by atoms with E-state index >= 15 is 0 Å². The molecule has 1 aliphatic rings. The molecule has 136 valence electrons. The minimum absolute atomic E-state index is 0. The Labute approximate surface area is 156 Å². The number of ether oxygens (including phenoxy) is 1. The third kappa shape index (κ3) is 4.46. The zero-order valence-corrected chi connectivity index (χ0v) is 15.7. The van der Waals surface area contributed by atoms with Crippen molar-refractivity contribution in [3.63, 3.8) is 0 Å². The number of aromatic hydroxyl groups is 1. The highest BCUT2D eigenvalue weighted by molar-refractivity contribution is 5.85. The van der Waals surface area contributed by atoms with Gasteiger partial charge in [-0.25, -0.2) is 0 Å². The first-order valence-corrected chi connectivity index (χ1v) is 8.61. The zero-order valence-electron chi connectivity index (χ0n) is 14.9. The molecule has 0 radical (unpaired) electrons. The predicted octanol–water partition coefficient (Wildman–Crippen LogP) is 3.53. The lowest BCUT2D eigenvalue weighted by Crippen LogP contribution is -2.45. The first-order valence-electron chi connectivity index (χ1n) is 8.61. The molecule has 0 saturated carbocycles. The van der Waals surface area contributed by atoms with Gasteiger partial charge in [0.25, 0.3) is 0 Å². The number of piperazine rings is 1. The maximum Gasteiger partial charge on any atom is 0.164 e. The number of aryl methyl sites for hydroxylation is 1. The van der Waals surface area contributed by atoms with Gasteiger partial charge in [0.1, 0.15) is 0 Å². The van der Waals surface area contributed by atoms with Gasteiger partial charge in [0, 0.05) is 37.8 Å². The molecule has 1 heterocycles. The van der Waals surface area contributed by atoms with E-state index in [-0.39, 0.29) is 18.2 Å². The molecular weight excluding hydrogens is 336 g/mol. The monoisotopic (exact) mass is 362 g/mol. The van der Waals surface area contributed by atoms with Gasteiger partial charge < -0.3 is 15.2 Å². The van der Waals surface area contributed by atoms with E-state index < -0.39 is 0 Å². The molecule has 1 saturated heterocycles. The van der Waals surface area contributed by atoms with Gasteiger partial charge in [-0.3, -0.25) is 4.90 Å². The van der Waals surface area contributed by atoms with Crippen LogP contribution in [0.3, 0.4) is 0 Å². The average molecular weight is 363 g/mol. The van der Waals surface area contributed by atoms with Crippen molar-refractivity contribution < 1.29 is 9.84 Å². The van der Waals surface area contributed by atoms with Gasteiger partial charge in [-0.1, -0.05) is 43.3 Å². The number of phenols is 1. The summed E-state index contributed by atoms with van der Waals surface area (Å²) in [5, 5.41) is 13.5. The molecule has 0 aromatic heterocycles. The van der Waals surface area contributed by atoms with Crippen molar-refractivity contribution in [1.82, 2.24) is 10.2 Å². The summed E-state index contributed by atoms with van der Waals surface area (Å²) in [6.07, 6.45) is 1.06. The second-order valence-electron chi connectivity index (χ2n) is 6.26. The summed E-state index contributed by atoms with van der Waals surface area (Å²) < 4.78 is 5.40. The SMILES string of the molecule is CCc1ccc(C2CNCCN2Cc2cccc(O)c2OC)cc1.Cl. The van der Waals surface area contributed by atoms with E-state index in [1.165, 1.54) is 11.1 Å². The number of nitrogens with one attached hydrogen (secondary N) is 1. The van der Waals surface area contributed by atoms with E-state index in [2.05, 4.69) is 41.4 Å². The summed E-state index contributed by atoms with van der Waals surface area (Å²) in [5.74, 6) is 0.782. The molecule has 2 N–H and O–H groups in total. The van der Waals surface area contributed by atoms with Gasteiger partial charge in [-0.15, -0.1) is 12.4 Å². The molecule has 2 aromatic rings. The lowest BCUT2D eigenvalue weighted by Gasteiger charge is -2.37. The van der Waals surface area contributed by atoms with Crippen LogP contribution in [0.4, 0.5) is 0 Å². The number of nitrogens with zero attached hydrogens (tertiary/aromatic N) is 1. The highest BCUT2D eigenvalue weighted by atomic mass is 35.5. The lowest BCUT2D eigenvalue weighted by molar-refractivity contribution is 0.152. The van der Waals surface area contributed by atoms with E-state index in [1.807, 2.05) is 12.1 Å². The van der Waals surface area contributed by atoms with Crippen LogP contribution in [0.25, 0.3) is 0 Å². The number of phenolic OH excluding ortho intramolecular Hbond substituents is 1. The number of methoxy groups -OCH3 is 1. The smallest absolute Gasteiger partial charge is 0.164 e.